The number of nitrogens with zero attached hydrogens (tertiary/aromatic N) is 2. The average molecular weight is 249 g/mol. The van der Waals surface area contributed by atoms with E-state index in [-0.39, 0.29) is 5.54 Å². The predicted octanol–water partition coefficient (Wildman–Crippen LogP) is 2.90. The molecule has 102 valence electrons. The number of nitrogens with two attached hydrogens (primary N) is 1. The molecular formula is C15H27N3. The van der Waals surface area contributed by atoms with Crippen molar-refractivity contribution >= 4 is 0 Å². The van der Waals surface area contributed by atoms with Crippen LogP contribution >= 0.6 is 0 Å². The second-order valence-corrected chi connectivity index (χ2v) is 7.24. The van der Waals surface area contributed by atoms with Crippen molar-refractivity contribution in [1.29, 1.82) is 0 Å². The fraction of sp³-hybridized carbons (Fsp3) is 0.800. The summed E-state index contributed by atoms with van der Waals surface area (Å²) in [4.78, 5) is 0. The highest BCUT2D eigenvalue weighted by molar-refractivity contribution is 5.06. The standard InChI is InChI=1S/C15H27N3/c1-12-7-14(2,3)11-15(16,8-12)6-5-13-9-17-18(4)10-13/h9-10,12H,5-8,11,16H2,1-4H3. The fourth-order valence-corrected chi connectivity index (χ4v) is 3.99. The number of rotatable bonds is 3. The van der Waals surface area contributed by atoms with Gasteiger partial charge in [-0.3, -0.25) is 4.68 Å². The first-order valence-electron chi connectivity index (χ1n) is 7.04. The molecule has 2 rings (SSSR count). The van der Waals surface area contributed by atoms with Crippen LogP contribution in [0, 0.1) is 11.3 Å². The van der Waals surface area contributed by atoms with Crippen molar-refractivity contribution in [1.82, 2.24) is 9.78 Å². The van der Waals surface area contributed by atoms with Gasteiger partial charge >= 0.3 is 0 Å². The maximum atomic E-state index is 6.65. The van der Waals surface area contributed by atoms with Crippen molar-refractivity contribution in [2.45, 2.75) is 58.4 Å². The topological polar surface area (TPSA) is 43.8 Å². The van der Waals surface area contributed by atoms with Gasteiger partial charge in [-0.15, -0.1) is 0 Å². The van der Waals surface area contributed by atoms with Crippen molar-refractivity contribution in [2.75, 3.05) is 0 Å². The van der Waals surface area contributed by atoms with Gasteiger partial charge < -0.3 is 5.73 Å². The quantitative estimate of drug-likeness (QED) is 0.895. The van der Waals surface area contributed by atoms with E-state index in [1.165, 1.54) is 12.0 Å². The summed E-state index contributed by atoms with van der Waals surface area (Å²) in [6.07, 6.45) is 9.79. The highest BCUT2D eigenvalue weighted by atomic mass is 15.2. The molecule has 1 aliphatic carbocycles. The third-order valence-electron chi connectivity index (χ3n) is 4.16. The zero-order valence-electron chi connectivity index (χ0n) is 12.2. The summed E-state index contributed by atoms with van der Waals surface area (Å²) in [5, 5.41) is 4.22. The van der Waals surface area contributed by atoms with E-state index in [0.29, 0.717) is 5.41 Å². The van der Waals surface area contributed by atoms with Gasteiger partial charge in [-0.05, 0) is 49.0 Å². The Kier molecular flexibility index (Phi) is 3.54. The van der Waals surface area contributed by atoms with Crippen molar-refractivity contribution in [3.05, 3.63) is 18.0 Å². The van der Waals surface area contributed by atoms with E-state index in [9.17, 15) is 0 Å². The number of aryl methyl sites for hydroxylation is 2. The van der Waals surface area contributed by atoms with Crippen molar-refractivity contribution in [3.63, 3.8) is 0 Å². The first kappa shape index (κ1) is 13.6. The second-order valence-electron chi connectivity index (χ2n) is 7.24. The zero-order valence-corrected chi connectivity index (χ0v) is 12.2. The number of hydrogen-bond donors (Lipinski definition) is 1. The maximum absolute atomic E-state index is 6.65. The normalized spacial score (nSPS) is 31.5. The zero-order chi connectivity index (χ0) is 13.4. The number of hydrogen-bond acceptors (Lipinski definition) is 2. The SMILES string of the molecule is CC1CC(C)(C)CC(N)(CCc2cnn(C)c2)C1. The van der Waals surface area contributed by atoms with E-state index < -0.39 is 0 Å². The Morgan fingerprint density at radius 3 is 2.72 bits per heavy atom. The average Bonchev–Trinajstić information content (AvgIpc) is 2.57. The molecule has 0 radical (unpaired) electrons. The van der Waals surface area contributed by atoms with Crippen molar-refractivity contribution < 1.29 is 0 Å². The highest BCUT2D eigenvalue weighted by Gasteiger charge is 2.39. The third-order valence-corrected chi connectivity index (χ3v) is 4.16. The summed E-state index contributed by atoms with van der Waals surface area (Å²) in [5.41, 5.74) is 8.36. The summed E-state index contributed by atoms with van der Waals surface area (Å²) in [6.45, 7) is 7.05. The molecule has 1 fully saturated rings. The first-order valence-corrected chi connectivity index (χ1v) is 7.04. The molecular weight excluding hydrogens is 222 g/mol. The Labute approximate surface area is 111 Å². The van der Waals surface area contributed by atoms with Crippen LogP contribution in [0.4, 0.5) is 0 Å². The lowest BCUT2D eigenvalue weighted by molar-refractivity contribution is 0.102. The molecule has 3 nitrogen and oxygen atoms in total. The molecule has 1 heterocycles. The third kappa shape index (κ3) is 3.35. The summed E-state index contributed by atoms with van der Waals surface area (Å²) < 4.78 is 1.87. The van der Waals surface area contributed by atoms with E-state index in [2.05, 4.69) is 32.1 Å². The van der Waals surface area contributed by atoms with Gasteiger partial charge in [-0.1, -0.05) is 20.8 Å². The van der Waals surface area contributed by atoms with Crippen LogP contribution in [0.2, 0.25) is 0 Å². The minimum Gasteiger partial charge on any atom is -0.325 e. The van der Waals surface area contributed by atoms with Crippen LogP contribution < -0.4 is 5.73 Å². The van der Waals surface area contributed by atoms with E-state index >= 15 is 0 Å². The van der Waals surface area contributed by atoms with Gasteiger partial charge in [0.15, 0.2) is 0 Å². The van der Waals surface area contributed by atoms with Crippen molar-refractivity contribution in [2.24, 2.45) is 24.1 Å². The van der Waals surface area contributed by atoms with Crippen LogP contribution in [-0.2, 0) is 13.5 Å². The molecule has 0 spiro atoms. The molecule has 1 saturated carbocycles. The lowest BCUT2D eigenvalue weighted by Gasteiger charge is -2.45. The largest absolute Gasteiger partial charge is 0.325 e. The van der Waals surface area contributed by atoms with Crippen LogP contribution in [0.5, 0.6) is 0 Å². The molecule has 3 heteroatoms. The lowest BCUT2D eigenvalue weighted by Crippen LogP contribution is -2.49. The Morgan fingerprint density at radius 2 is 2.17 bits per heavy atom. The fourth-order valence-electron chi connectivity index (χ4n) is 3.99. The first-order chi connectivity index (χ1) is 8.28. The van der Waals surface area contributed by atoms with Crippen LogP contribution in [0.15, 0.2) is 12.4 Å². The van der Waals surface area contributed by atoms with Crippen molar-refractivity contribution in [3.8, 4) is 0 Å². The Morgan fingerprint density at radius 1 is 1.44 bits per heavy atom. The Balaban J connectivity index is 1.98. The van der Waals surface area contributed by atoms with E-state index in [1.54, 1.807) is 0 Å². The van der Waals surface area contributed by atoms with E-state index in [1.807, 2.05) is 17.9 Å². The molecule has 1 aliphatic rings. The minimum atomic E-state index is 0.0109. The molecule has 0 bridgehead atoms. The molecule has 0 amide bonds. The van der Waals surface area contributed by atoms with E-state index in [4.69, 9.17) is 5.73 Å². The second kappa shape index (κ2) is 4.69. The smallest absolute Gasteiger partial charge is 0.0521 e. The van der Waals surface area contributed by atoms with Gasteiger partial charge in [0.1, 0.15) is 0 Å². The highest BCUT2D eigenvalue weighted by Crippen LogP contribution is 2.44. The Hall–Kier alpha value is -0.830. The van der Waals surface area contributed by atoms with Gasteiger partial charge in [0, 0.05) is 18.8 Å². The Bertz CT molecular complexity index is 408. The molecule has 1 aromatic heterocycles. The maximum Gasteiger partial charge on any atom is 0.0521 e. The molecule has 0 aromatic carbocycles. The molecule has 18 heavy (non-hydrogen) atoms. The van der Waals surface area contributed by atoms with Crippen LogP contribution in [0.3, 0.4) is 0 Å². The lowest BCUT2D eigenvalue weighted by atomic mass is 9.63. The van der Waals surface area contributed by atoms with Gasteiger partial charge in [-0.2, -0.15) is 5.10 Å². The van der Waals surface area contributed by atoms with Crippen LogP contribution in [0.1, 0.15) is 52.0 Å². The molecule has 1 aromatic rings. The summed E-state index contributed by atoms with van der Waals surface area (Å²) in [7, 11) is 1.97. The number of aromatic nitrogens is 2. The summed E-state index contributed by atoms with van der Waals surface area (Å²) >= 11 is 0. The van der Waals surface area contributed by atoms with E-state index in [0.717, 1.165) is 31.6 Å². The monoisotopic (exact) mass is 249 g/mol. The van der Waals surface area contributed by atoms with Gasteiger partial charge in [0.2, 0.25) is 0 Å². The van der Waals surface area contributed by atoms with Gasteiger partial charge in [0.25, 0.3) is 0 Å². The van der Waals surface area contributed by atoms with Gasteiger partial charge in [0.05, 0.1) is 6.20 Å². The molecule has 2 atom stereocenters. The summed E-state index contributed by atoms with van der Waals surface area (Å²) in [5.74, 6) is 0.743. The molecule has 2 N–H and O–H groups in total. The van der Waals surface area contributed by atoms with Crippen LogP contribution in [0.25, 0.3) is 0 Å². The molecule has 2 unspecified atom stereocenters. The molecule has 0 aliphatic heterocycles. The molecule has 0 saturated heterocycles. The van der Waals surface area contributed by atoms with Crippen LogP contribution in [-0.4, -0.2) is 15.3 Å². The predicted molar refractivity (Wildman–Crippen MR) is 75.2 cm³/mol. The minimum absolute atomic E-state index is 0.0109. The van der Waals surface area contributed by atoms with Gasteiger partial charge in [-0.25, -0.2) is 0 Å². The summed E-state index contributed by atoms with van der Waals surface area (Å²) in [6, 6.07) is 0.